The first kappa shape index (κ1) is 19.6. The lowest BCUT2D eigenvalue weighted by Gasteiger charge is -2.43. The third kappa shape index (κ3) is 3.52. The van der Waals surface area contributed by atoms with Gasteiger partial charge in [0.1, 0.15) is 0 Å². The molecule has 0 saturated heterocycles. The van der Waals surface area contributed by atoms with Crippen LogP contribution in [-0.2, 0) is 4.79 Å². The van der Waals surface area contributed by atoms with Crippen LogP contribution in [-0.4, -0.2) is 17.9 Å². The van der Waals surface area contributed by atoms with Gasteiger partial charge in [-0.05, 0) is 37.1 Å². The Bertz CT molecular complexity index is 1070. The fourth-order valence-electron chi connectivity index (χ4n) is 4.20. The summed E-state index contributed by atoms with van der Waals surface area (Å²) in [5, 5.41) is 11.4. The molecule has 2 heterocycles. The Morgan fingerprint density at radius 1 is 1.00 bits per heavy atom. The summed E-state index contributed by atoms with van der Waals surface area (Å²) in [6.45, 7) is 3.56. The maximum atomic E-state index is 13.3. The largest absolute Gasteiger partial charge is 0.619 e. The molecular formula is C24H23N3O3. The first-order valence-electron chi connectivity index (χ1n) is 9.93. The molecular weight excluding hydrogens is 378 g/mol. The molecule has 0 unspecified atom stereocenters. The van der Waals surface area contributed by atoms with Crippen molar-refractivity contribution in [1.82, 2.24) is 0 Å². The molecule has 2 atom stereocenters. The number of aromatic nitrogens is 1. The van der Waals surface area contributed by atoms with Crippen LogP contribution in [0.2, 0.25) is 0 Å². The van der Waals surface area contributed by atoms with Gasteiger partial charge in [0.05, 0.1) is 11.6 Å². The minimum Gasteiger partial charge on any atom is -0.619 e. The number of fused-ring (bicyclic) bond motifs is 1. The number of anilines is 2. The molecule has 6 nitrogen and oxygen atoms in total. The molecule has 0 spiro atoms. The molecule has 0 radical (unpaired) electrons. The SMILES string of the molecule is CC(=O)N(c1ccccc1)[C@H]1C[C@@H](C)N(C(=O)c2cc[n+]([O-])cc2)c2ccccc21. The minimum absolute atomic E-state index is 0.0453. The first-order valence-corrected chi connectivity index (χ1v) is 9.93. The summed E-state index contributed by atoms with van der Waals surface area (Å²) in [5.74, 6) is -0.209. The van der Waals surface area contributed by atoms with Crippen molar-refractivity contribution in [3.05, 3.63) is 95.5 Å². The van der Waals surface area contributed by atoms with Crippen molar-refractivity contribution in [3.8, 4) is 0 Å². The maximum Gasteiger partial charge on any atom is 0.258 e. The lowest BCUT2D eigenvalue weighted by molar-refractivity contribution is -0.605. The van der Waals surface area contributed by atoms with Crippen LogP contribution in [0.25, 0.3) is 0 Å². The second-order valence-corrected chi connectivity index (χ2v) is 7.51. The van der Waals surface area contributed by atoms with Crippen LogP contribution in [0, 0.1) is 5.21 Å². The monoisotopic (exact) mass is 401 g/mol. The van der Waals surface area contributed by atoms with E-state index in [1.54, 1.807) is 16.7 Å². The van der Waals surface area contributed by atoms with Crippen LogP contribution in [0.1, 0.15) is 42.2 Å². The van der Waals surface area contributed by atoms with Crippen molar-refractivity contribution in [2.45, 2.75) is 32.4 Å². The summed E-state index contributed by atoms with van der Waals surface area (Å²) in [4.78, 5) is 29.5. The van der Waals surface area contributed by atoms with Gasteiger partial charge in [-0.15, -0.1) is 0 Å². The second-order valence-electron chi connectivity index (χ2n) is 7.51. The second kappa shape index (κ2) is 7.99. The number of benzene rings is 2. The number of amides is 2. The normalized spacial score (nSPS) is 17.9. The van der Waals surface area contributed by atoms with Gasteiger partial charge in [0.15, 0.2) is 12.4 Å². The van der Waals surface area contributed by atoms with E-state index in [0.717, 1.165) is 16.9 Å². The Balaban J connectivity index is 1.77. The standard InChI is InChI=1S/C24H23N3O3/c1-17-16-23(27(18(2)28)20-8-4-3-5-9-20)21-10-6-7-11-22(21)26(17)24(29)19-12-14-25(30)15-13-19/h3-15,17,23H,16H2,1-2H3/t17-,23+/m1/s1. The zero-order valence-corrected chi connectivity index (χ0v) is 16.9. The Kier molecular flexibility index (Phi) is 5.23. The summed E-state index contributed by atoms with van der Waals surface area (Å²) < 4.78 is 0.658. The lowest BCUT2D eigenvalue weighted by atomic mass is 9.89. The Morgan fingerprint density at radius 3 is 2.30 bits per heavy atom. The summed E-state index contributed by atoms with van der Waals surface area (Å²) in [7, 11) is 0. The zero-order chi connectivity index (χ0) is 21.3. The van der Waals surface area contributed by atoms with Gasteiger partial charge < -0.3 is 15.0 Å². The number of hydrogen-bond donors (Lipinski definition) is 0. The van der Waals surface area contributed by atoms with Crippen molar-refractivity contribution >= 4 is 23.2 Å². The Morgan fingerprint density at radius 2 is 1.63 bits per heavy atom. The predicted molar refractivity (Wildman–Crippen MR) is 115 cm³/mol. The summed E-state index contributed by atoms with van der Waals surface area (Å²) in [6, 6.07) is 20.1. The smallest absolute Gasteiger partial charge is 0.258 e. The average molecular weight is 401 g/mol. The number of rotatable bonds is 3. The van der Waals surface area contributed by atoms with Crippen LogP contribution in [0.15, 0.2) is 79.1 Å². The van der Waals surface area contributed by atoms with Gasteiger partial charge in [0.2, 0.25) is 5.91 Å². The molecule has 152 valence electrons. The van der Waals surface area contributed by atoms with E-state index in [1.165, 1.54) is 24.5 Å². The lowest BCUT2D eigenvalue weighted by Crippen LogP contribution is -2.47. The first-order chi connectivity index (χ1) is 14.5. The van der Waals surface area contributed by atoms with Gasteiger partial charge in [-0.2, -0.15) is 4.73 Å². The highest BCUT2D eigenvalue weighted by atomic mass is 16.5. The molecule has 6 heteroatoms. The third-order valence-corrected chi connectivity index (χ3v) is 5.51. The van der Waals surface area contributed by atoms with Gasteiger partial charge in [-0.3, -0.25) is 9.59 Å². The Hall–Kier alpha value is -3.67. The average Bonchev–Trinajstić information content (AvgIpc) is 2.74. The van der Waals surface area contributed by atoms with Gasteiger partial charge in [0.25, 0.3) is 5.91 Å². The van der Waals surface area contributed by atoms with E-state index in [2.05, 4.69) is 0 Å². The van der Waals surface area contributed by atoms with Crippen LogP contribution in [0.5, 0.6) is 0 Å². The molecule has 0 bridgehead atoms. The number of para-hydroxylation sites is 2. The molecule has 2 aromatic carbocycles. The van der Waals surface area contributed by atoms with E-state index >= 15 is 0 Å². The topological polar surface area (TPSA) is 67.6 Å². The van der Waals surface area contributed by atoms with Gasteiger partial charge in [0, 0.05) is 36.5 Å². The summed E-state index contributed by atoms with van der Waals surface area (Å²) in [6.07, 6.45) is 3.25. The summed E-state index contributed by atoms with van der Waals surface area (Å²) in [5.41, 5.74) is 3.00. The van der Waals surface area contributed by atoms with Crippen LogP contribution < -0.4 is 14.5 Å². The molecule has 2 amide bonds. The molecule has 0 fully saturated rings. The van der Waals surface area contributed by atoms with E-state index in [0.29, 0.717) is 16.7 Å². The number of hydrogen-bond acceptors (Lipinski definition) is 3. The van der Waals surface area contributed by atoms with Crippen molar-refractivity contribution in [3.63, 3.8) is 0 Å². The van der Waals surface area contributed by atoms with E-state index in [4.69, 9.17) is 0 Å². The molecule has 1 aliphatic rings. The number of carbonyl (C=O) groups is 2. The highest BCUT2D eigenvalue weighted by Crippen LogP contribution is 2.42. The highest BCUT2D eigenvalue weighted by Gasteiger charge is 2.38. The van der Waals surface area contributed by atoms with Crippen molar-refractivity contribution in [2.75, 3.05) is 9.80 Å². The quantitative estimate of drug-likeness (QED) is 0.494. The zero-order valence-electron chi connectivity index (χ0n) is 16.9. The maximum absolute atomic E-state index is 13.3. The molecule has 30 heavy (non-hydrogen) atoms. The van der Waals surface area contributed by atoms with E-state index in [9.17, 15) is 14.8 Å². The summed E-state index contributed by atoms with van der Waals surface area (Å²) >= 11 is 0. The van der Waals surface area contributed by atoms with Crippen LogP contribution in [0.4, 0.5) is 11.4 Å². The number of nitrogens with zero attached hydrogens (tertiary/aromatic N) is 3. The molecule has 0 aliphatic carbocycles. The van der Waals surface area contributed by atoms with E-state index in [1.807, 2.05) is 61.5 Å². The third-order valence-electron chi connectivity index (χ3n) is 5.51. The van der Waals surface area contributed by atoms with Gasteiger partial charge >= 0.3 is 0 Å². The van der Waals surface area contributed by atoms with Gasteiger partial charge in [-0.1, -0.05) is 36.4 Å². The van der Waals surface area contributed by atoms with Crippen molar-refractivity contribution < 1.29 is 14.3 Å². The highest BCUT2D eigenvalue weighted by molar-refractivity contribution is 6.07. The fourth-order valence-corrected chi connectivity index (χ4v) is 4.20. The number of pyridine rings is 1. The minimum atomic E-state index is -0.181. The molecule has 0 N–H and O–H groups in total. The fraction of sp³-hybridized carbons (Fsp3) is 0.208. The van der Waals surface area contributed by atoms with Gasteiger partial charge in [-0.25, -0.2) is 0 Å². The Labute approximate surface area is 175 Å². The molecule has 1 aliphatic heterocycles. The van der Waals surface area contributed by atoms with E-state index < -0.39 is 0 Å². The molecule has 1 aromatic heterocycles. The van der Waals surface area contributed by atoms with E-state index in [-0.39, 0.29) is 23.9 Å². The molecule has 3 aromatic rings. The van der Waals surface area contributed by atoms with Crippen molar-refractivity contribution in [2.24, 2.45) is 0 Å². The predicted octanol–water partition coefficient (Wildman–Crippen LogP) is 3.85. The van der Waals surface area contributed by atoms with Crippen LogP contribution >= 0.6 is 0 Å². The van der Waals surface area contributed by atoms with Crippen LogP contribution in [0.3, 0.4) is 0 Å². The molecule has 4 rings (SSSR count). The number of carbonyl (C=O) groups excluding carboxylic acids is 2. The van der Waals surface area contributed by atoms with Crippen molar-refractivity contribution in [1.29, 1.82) is 0 Å². The molecule has 0 saturated carbocycles.